The molecule has 0 fully saturated rings. The van der Waals surface area contributed by atoms with Gasteiger partial charge in [0.15, 0.2) is 0 Å². The van der Waals surface area contributed by atoms with E-state index in [2.05, 4.69) is 5.32 Å². The van der Waals surface area contributed by atoms with Crippen LogP contribution in [-0.2, 0) is 0 Å². The van der Waals surface area contributed by atoms with Gasteiger partial charge >= 0.3 is 6.18 Å². The highest BCUT2D eigenvalue weighted by Crippen LogP contribution is 2.24. The van der Waals surface area contributed by atoms with Gasteiger partial charge in [-0.15, -0.1) is 0 Å². The predicted octanol–water partition coefficient (Wildman–Crippen LogP) is 2.44. The molecule has 0 spiro atoms. The lowest BCUT2D eigenvalue weighted by Gasteiger charge is -2.30. The maximum absolute atomic E-state index is 12.5. The summed E-state index contributed by atoms with van der Waals surface area (Å²) in [6.07, 6.45) is -4.25. The van der Waals surface area contributed by atoms with Gasteiger partial charge in [-0.25, -0.2) is 0 Å². The molecule has 120 valence electrons. The Labute approximate surface area is 123 Å². The van der Waals surface area contributed by atoms with Gasteiger partial charge in [-0.2, -0.15) is 13.2 Å². The zero-order valence-electron chi connectivity index (χ0n) is 12.4. The minimum atomic E-state index is -4.25. The number of hydrogen-bond acceptors (Lipinski definition) is 3. The summed E-state index contributed by atoms with van der Waals surface area (Å²) in [5.41, 5.74) is 1.04. The molecule has 21 heavy (non-hydrogen) atoms. The highest BCUT2D eigenvalue weighted by atomic mass is 19.4. The van der Waals surface area contributed by atoms with Gasteiger partial charge in [0.2, 0.25) is 0 Å². The fourth-order valence-electron chi connectivity index (χ4n) is 2.58. The maximum Gasteiger partial charge on any atom is 0.401 e. The molecule has 0 radical (unpaired) electrons. The second-order valence-corrected chi connectivity index (χ2v) is 5.23. The topological polar surface area (TPSA) is 35.5 Å². The van der Waals surface area contributed by atoms with E-state index in [1.165, 1.54) is 4.90 Å². The van der Waals surface area contributed by atoms with Crippen LogP contribution >= 0.6 is 0 Å². The molecule has 1 aromatic carbocycles. The zero-order valence-corrected chi connectivity index (χ0v) is 12.4. The van der Waals surface area contributed by atoms with Crippen molar-refractivity contribution in [3.8, 4) is 0 Å². The van der Waals surface area contributed by atoms with Crippen molar-refractivity contribution < 1.29 is 18.3 Å². The summed E-state index contributed by atoms with van der Waals surface area (Å²) in [6.45, 7) is 0.923. The molecule has 1 aromatic rings. The molecule has 0 aliphatic carbocycles. The number of alkyl halides is 3. The Hall–Kier alpha value is -1.11. The largest absolute Gasteiger partial charge is 0.401 e. The van der Waals surface area contributed by atoms with Crippen molar-refractivity contribution in [2.45, 2.75) is 19.1 Å². The molecular weight excluding hydrogens is 281 g/mol. The summed E-state index contributed by atoms with van der Waals surface area (Å²) in [5.74, 6) is -0.0219. The number of aliphatic hydroxyl groups is 1. The first-order valence-corrected chi connectivity index (χ1v) is 6.99. The van der Waals surface area contributed by atoms with Crippen LogP contribution in [0.1, 0.15) is 18.5 Å². The Morgan fingerprint density at radius 2 is 1.86 bits per heavy atom. The Bertz CT molecular complexity index is 398. The van der Waals surface area contributed by atoms with Crippen molar-refractivity contribution >= 4 is 0 Å². The van der Waals surface area contributed by atoms with E-state index in [0.717, 1.165) is 5.56 Å². The molecule has 0 saturated carbocycles. The van der Waals surface area contributed by atoms with E-state index in [1.54, 1.807) is 7.05 Å². The minimum Gasteiger partial charge on any atom is -0.395 e. The van der Waals surface area contributed by atoms with Crippen molar-refractivity contribution in [3.63, 3.8) is 0 Å². The molecule has 0 amide bonds. The van der Waals surface area contributed by atoms with Gasteiger partial charge in [0.1, 0.15) is 0 Å². The first-order valence-electron chi connectivity index (χ1n) is 6.99. The van der Waals surface area contributed by atoms with Crippen LogP contribution in [0.25, 0.3) is 0 Å². The molecular formula is C15H23F3N2O. The second-order valence-electron chi connectivity index (χ2n) is 5.23. The Kier molecular flexibility index (Phi) is 7.14. The fraction of sp³-hybridized carbons (Fsp3) is 0.600. The van der Waals surface area contributed by atoms with E-state index >= 15 is 0 Å². The standard InChI is InChI=1S/C15H23F3N2O/c1-12(10-20(8-9-21)11-15(16,17)18)14(19-2)13-6-4-3-5-7-13/h3-7,12,14,19,21H,8-11H2,1-2H3. The van der Waals surface area contributed by atoms with Crippen LogP contribution in [0, 0.1) is 5.92 Å². The van der Waals surface area contributed by atoms with E-state index in [4.69, 9.17) is 5.11 Å². The fourth-order valence-corrected chi connectivity index (χ4v) is 2.58. The van der Waals surface area contributed by atoms with Gasteiger partial charge in [0.05, 0.1) is 13.2 Å². The lowest BCUT2D eigenvalue weighted by Crippen LogP contribution is -2.41. The van der Waals surface area contributed by atoms with E-state index < -0.39 is 12.7 Å². The summed E-state index contributed by atoms with van der Waals surface area (Å²) >= 11 is 0. The lowest BCUT2D eigenvalue weighted by atomic mass is 9.94. The third kappa shape index (κ3) is 6.46. The number of benzene rings is 1. The number of nitrogens with one attached hydrogen (secondary N) is 1. The van der Waals surface area contributed by atoms with Gasteiger partial charge in [0.25, 0.3) is 0 Å². The van der Waals surface area contributed by atoms with Crippen LogP contribution in [0.2, 0.25) is 0 Å². The minimum absolute atomic E-state index is 0.0219. The molecule has 6 heteroatoms. The molecule has 0 aromatic heterocycles. The number of halogens is 3. The first kappa shape index (κ1) is 17.9. The third-order valence-corrected chi connectivity index (χ3v) is 3.40. The summed E-state index contributed by atoms with van der Waals surface area (Å²) in [5, 5.41) is 12.1. The van der Waals surface area contributed by atoms with Gasteiger partial charge in [-0.3, -0.25) is 4.90 Å². The normalized spacial score (nSPS) is 15.2. The highest BCUT2D eigenvalue weighted by molar-refractivity contribution is 5.19. The smallest absolute Gasteiger partial charge is 0.395 e. The van der Waals surface area contributed by atoms with Crippen LogP contribution in [0.4, 0.5) is 13.2 Å². The lowest BCUT2D eigenvalue weighted by molar-refractivity contribution is -0.148. The predicted molar refractivity (Wildman–Crippen MR) is 77.0 cm³/mol. The number of nitrogens with zero attached hydrogens (tertiary/aromatic N) is 1. The van der Waals surface area contributed by atoms with Gasteiger partial charge < -0.3 is 10.4 Å². The Morgan fingerprint density at radius 3 is 2.33 bits per heavy atom. The van der Waals surface area contributed by atoms with Crippen LogP contribution in [0.3, 0.4) is 0 Å². The van der Waals surface area contributed by atoms with Gasteiger partial charge in [-0.1, -0.05) is 37.3 Å². The van der Waals surface area contributed by atoms with Crippen molar-refractivity contribution in [2.75, 3.05) is 33.3 Å². The zero-order chi connectivity index (χ0) is 15.9. The van der Waals surface area contributed by atoms with Crippen LogP contribution in [0.15, 0.2) is 30.3 Å². The van der Waals surface area contributed by atoms with E-state index in [9.17, 15) is 13.2 Å². The summed E-state index contributed by atoms with van der Waals surface area (Å²) in [6, 6.07) is 9.61. The average Bonchev–Trinajstić information content (AvgIpc) is 2.39. The number of rotatable bonds is 8. The maximum atomic E-state index is 12.5. The number of hydrogen-bond donors (Lipinski definition) is 2. The van der Waals surface area contributed by atoms with Gasteiger partial charge in [0, 0.05) is 19.1 Å². The molecule has 0 bridgehead atoms. The molecule has 3 nitrogen and oxygen atoms in total. The van der Waals surface area contributed by atoms with Crippen LogP contribution in [-0.4, -0.2) is 49.5 Å². The molecule has 0 aliphatic rings. The highest BCUT2D eigenvalue weighted by Gasteiger charge is 2.32. The summed E-state index contributed by atoms with van der Waals surface area (Å²) in [4.78, 5) is 1.25. The van der Waals surface area contributed by atoms with Crippen LogP contribution in [0.5, 0.6) is 0 Å². The molecule has 0 saturated heterocycles. The summed E-state index contributed by atoms with van der Waals surface area (Å²) < 4.78 is 37.6. The van der Waals surface area contributed by atoms with Crippen molar-refractivity contribution in [3.05, 3.63) is 35.9 Å². The molecule has 0 aliphatic heterocycles. The Balaban J connectivity index is 2.72. The monoisotopic (exact) mass is 304 g/mol. The van der Waals surface area contributed by atoms with Crippen molar-refractivity contribution in [2.24, 2.45) is 5.92 Å². The van der Waals surface area contributed by atoms with Crippen molar-refractivity contribution in [1.82, 2.24) is 10.2 Å². The van der Waals surface area contributed by atoms with Crippen LogP contribution < -0.4 is 5.32 Å². The summed E-state index contributed by atoms with van der Waals surface area (Å²) in [7, 11) is 1.80. The van der Waals surface area contributed by atoms with Gasteiger partial charge in [-0.05, 0) is 18.5 Å². The van der Waals surface area contributed by atoms with E-state index in [1.807, 2.05) is 37.3 Å². The molecule has 1 rings (SSSR count). The van der Waals surface area contributed by atoms with Crippen molar-refractivity contribution in [1.29, 1.82) is 0 Å². The third-order valence-electron chi connectivity index (χ3n) is 3.40. The SMILES string of the molecule is CNC(c1ccccc1)C(C)CN(CCO)CC(F)(F)F. The quantitative estimate of drug-likeness (QED) is 0.774. The molecule has 2 atom stereocenters. The number of aliphatic hydroxyl groups excluding tert-OH is 1. The molecule has 2 unspecified atom stereocenters. The average molecular weight is 304 g/mol. The van der Waals surface area contributed by atoms with E-state index in [0.29, 0.717) is 0 Å². The second kappa shape index (κ2) is 8.36. The van der Waals surface area contributed by atoms with E-state index in [-0.39, 0.29) is 31.7 Å². The molecule has 2 N–H and O–H groups in total. The Morgan fingerprint density at radius 1 is 1.24 bits per heavy atom. The first-order chi connectivity index (χ1) is 9.87. The molecule has 0 heterocycles.